The lowest BCUT2D eigenvalue weighted by Gasteiger charge is -2.19. The lowest BCUT2D eigenvalue weighted by atomic mass is 10.2. The smallest absolute Gasteiger partial charge is 0.412 e. The summed E-state index contributed by atoms with van der Waals surface area (Å²) in [5.41, 5.74) is 2.11. The molecule has 6 heteroatoms. The Bertz CT molecular complexity index is 709. The summed E-state index contributed by atoms with van der Waals surface area (Å²) in [5.74, 6) is 0.219. The number of hydrogen-bond donors (Lipinski definition) is 3. The van der Waals surface area contributed by atoms with E-state index >= 15 is 0 Å². The van der Waals surface area contributed by atoms with Gasteiger partial charge in [0.1, 0.15) is 11.4 Å². The molecule has 0 aliphatic carbocycles. The molecule has 0 heterocycles. The molecule has 24 heavy (non-hydrogen) atoms. The van der Waals surface area contributed by atoms with E-state index in [1.807, 2.05) is 45.0 Å². The van der Waals surface area contributed by atoms with Gasteiger partial charge in [-0.3, -0.25) is 5.32 Å². The summed E-state index contributed by atoms with van der Waals surface area (Å²) in [7, 11) is 0. The fourth-order valence-corrected chi connectivity index (χ4v) is 2.38. The number of hydrogen-bond acceptors (Lipinski definition) is 4. The van der Waals surface area contributed by atoms with E-state index in [0.29, 0.717) is 16.7 Å². The molecule has 5 nitrogen and oxygen atoms in total. The van der Waals surface area contributed by atoms with E-state index in [0.717, 1.165) is 11.3 Å². The fraction of sp³-hybridized carbons (Fsp3) is 0.278. The Balaban J connectivity index is 1.90. The molecule has 0 unspecified atom stereocenters. The highest BCUT2D eigenvalue weighted by Gasteiger charge is 2.16. The van der Waals surface area contributed by atoms with Crippen molar-refractivity contribution in [1.29, 1.82) is 0 Å². The van der Waals surface area contributed by atoms with Crippen molar-refractivity contribution in [2.45, 2.75) is 32.9 Å². The van der Waals surface area contributed by atoms with Crippen molar-refractivity contribution >= 4 is 33.4 Å². The van der Waals surface area contributed by atoms with Crippen LogP contribution in [0.2, 0.25) is 0 Å². The van der Waals surface area contributed by atoms with Crippen LogP contribution in [0.25, 0.3) is 0 Å². The zero-order chi connectivity index (χ0) is 17.7. The average Bonchev–Trinajstić information content (AvgIpc) is 2.48. The normalized spacial score (nSPS) is 11.0. The largest absolute Gasteiger partial charge is 0.507 e. The molecule has 0 aliphatic heterocycles. The molecule has 0 saturated carbocycles. The Morgan fingerprint density at radius 3 is 2.33 bits per heavy atom. The summed E-state index contributed by atoms with van der Waals surface area (Å²) in [6.45, 7) is 6.08. The van der Waals surface area contributed by atoms with Gasteiger partial charge in [-0.2, -0.15) is 0 Å². The van der Waals surface area contributed by atoms with Crippen LogP contribution >= 0.6 is 15.9 Å². The molecule has 0 spiro atoms. The molecule has 0 bridgehead atoms. The van der Waals surface area contributed by atoms with Gasteiger partial charge in [0.2, 0.25) is 0 Å². The molecular formula is C18H21BrN2O3. The summed E-state index contributed by atoms with van der Waals surface area (Å²) >= 11 is 3.30. The second-order valence-electron chi connectivity index (χ2n) is 6.34. The standard InChI is InChI=1S/C18H21BrN2O3/c1-18(2,3)24-17(23)21-14-7-5-13(6-8-14)20-11-12-4-9-16(22)15(19)10-12/h4-10,20,22H,11H2,1-3H3,(H,21,23). The number of nitrogens with one attached hydrogen (secondary N) is 2. The molecule has 1 amide bonds. The molecule has 128 valence electrons. The minimum absolute atomic E-state index is 0.219. The van der Waals surface area contributed by atoms with Crippen molar-refractivity contribution in [3.8, 4) is 5.75 Å². The van der Waals surface area contributed by atoms with Gasteiger partial charge in [-0.15, -0.1) is 0 Å². The number of rotatable bonds is 4. The average molecular weight is 393 g/mol. The maximum atomic E-state index is 11.7. The van der Waals surface area contributed by atoms with Gasteiger partial charge in [0, 0.05) is 17.9 Å². The van der Waals surface area contributed by atoms with Crippen LogP contribution in [0.15, 0.2) is 46.9 Å². The lowest BCUT2D eigenvalue weighted by Crippen LogP contribution is -2.27. The van der Waals surface area contributed by atoms with E-state index in [1.165, 1.54) is 0 Å². The number of phenols is 1. The molecule has 0 fully saturated rings. The van der Waals surface area contributed by atoms with Crippen LogP contribution in [0.3, 0.4) is 0 Å². The highest BCUT2D eigenvalue weighted by Crippen LogP contribution is 2.25. The highest BCUT2D eigenvalue weighted by molar-refractivity contribution is 9.10. The molecule has 2 rings (SSSR count). The number of carbonyl (C=O) groups is 1. The number of carbonyl (C=O) groups excluding carboxylic acids is 1. The molecule has 0 saturated heterocycles. The molecule has 0 radical (unpaired) electrons. The highest BCUT2D eigenvalue weighted by atomic mass is 79.9. The van der Waals surface area contributed by atoms with E-state index in [1.54, 1.807) is 18.2 Å². The first-order valence-electron chi connectivity index (χ1n) is 7.54. The van der Waals surface area contributed by atoms with Gasteiger partial charge in [0.15, 0.2) is 0 Å². The van der Waals surface area contributed by atoms with Crippen LogP contribution in [0.5, 0.6) is 5.75 Å². The monoisotopic (exact) mass is 392 g/mol. The summed E-state index contributed by atoms with van der Waals surface area (Å²) in [4.78, 5) is 11.7. The van der Waals surface area contributed by atoms with Crippen molar-refractivity contribution in [2.24, 2.45) is 0 Å². The number of ether oxygens (including phenoxy) is 1. The second kappa shape index (κ2) is 7.57. The Morgan fingerprint density at radius 2 is 1.75 bits per heavy atom. The maximum absolute atomic E-state index is 11.7. The van der Waals surface area contributed by atoms with Crippen LogP contribution in [0.4, 0.5) is 16.2 Å². The van der Waals surface area contributed by atoms with Crippen molar-refractivity contribution in [3.05, 3.63) is 52.5 Å². The fourth-order valence-electron chi connectivity index (χ4n) is 1.96. The zero-order valence-electron chi connectivity index (χ0n) is 13.9. The summed E-state index contributed by atoms with van der Waals surface area (Å²) in [6.07, 6.45) is -0.475. The van der Waals surface area contributed by atoms with Gasteiger partial charge in [0.25, 0.3) is 0 Å². The Kier molecular flexibility index (Phi) is 5.72. The molecule has 2 aromatic carbocycles. The van der Waals surface area contributed by atoms with Crippen molar-refractivity contribution in [1.82, 2.24) is 0 Å². The van der Waals surface area contributed by atoms with Gasteiger partial charge >= 0.3 is 6.09 Å². The third kappa shape index (κ3) is 5.77. The summed E-state index contributed by atoms with van der Waals surface area (Å²) in [5, 5.41) is 15.5. The predicted molar refractivity (Wildman–Crippen MR) is 99.4 cm³/mol. The lowest BCUT2D eigenvalue weighted by molar-refractivity contribution is 0.0636. The van der Waals surface area contributed by atoms with Crippen LogP contribution in [-0.2, 0) is 11.3 Å². The van der Waals surface area contributed by atoms with E-state index in [2.05, 4.69) is 26.6 Å². The van der Waals surface area contributed by atoms with Crippen LogP contribution in [0, 0.1) is 0 Å². The van der Waals surface area contributed by atoms with Gasteiger partial charge in [-0.25, -0.2) is 4.79 Å². The van der Waals surface area contributed by atoms with E-state index in [4.69, 9.17) is 4.74 Å². The van der Waals surface area contributed by atoms with Crippen LogP contribution < -0.4 is 10.6 Å². The SMILES string of the molecule is CC(C)(C)OC(=O)Nc1ccc(NCc2ccc(O)c(Br)c2)cc1. The Hall–Kier alpha value is -2.21. The first-order valence-corrected chi connectivity index (χ1v) is 8.33. The Morgan fingerprint density at radius 1 is 1.12 bits per heavy atom. The number of aromatic hydroxyl groups is 1. The quantitative estimate of drug-likeness (QED) is 0.675. The van der Waals surface area contributed by atoms with E-state index in [-0.39, 0.29) is 5.75 Å². The van der Waals surface area contributed by atoms with Crippen molar-refractivity contribution in [2.75, 3.05) is 10.6 Å². The Labute approximate surface area is 150 Å². The van der Waals surface area contributed by atoms with Crippen molar-refractivity contribution in [3.63, 3.8) is 0 Å². The first kappa shape index (κ1) is 18.1. The van der Waals surface area contributed by atoms with Crippen LogP contribution in [0.1, 0.15) is 26.3 Å². The number of amides is 1. The number of anilines is 2. The van der Waals surface area contributed by atoms with Gasteiger partial charge in [-0.05, 0) is 78.7 Å². The van der Waals surface area contributed by atoms with Gasteiger partial charge < -0.3 is 15.2 Å². The number of phenolic OH excluding ortho intramolecular Hbond substituents is 1. The molecule has 2 aromatic rings. The second-order valence-corrected chi connectivity index (χ2v) is 7.20. The maximum Gasteiger partial charge on any atom is 0.412 e. The third-order valence-corrected chi connectivity index (χ3v) is 3.67. The predicted octanol–water partition coefficient (Wildman–Crippen LogP) is 5.11. The third-order valence-electron chi connectivity index (χ3n) is 3.04. The van der Waals surface area contributed by atoms with E-state index in [9.17, 15) is 9.90 Å². The molecule has 3 N–H and O–H groups in total. The van der Waals surface area contributed by atoms with Crippen LogP contribution in [-0.4, -0.2) is 16.8 Å². The topological polar surface area (TPSA) is 70.6 Å². The minimum atomic E-state index is -0.524. The summed E-state index contributed by atoms with van der Waals surface area (Å²) < 4.78 is 5.87. The molecule has 0 aliphatic rings. The van der Waals surface area contributed by atoms with E-state index < -0.39 is 11.7 Å². The number of halogens is 1. The van der Waals surface area contributed by atoms with Gasteiger partial charge in [-0.1, -0.05) is 6.07 Å². The molecule has 0 atom stereocenters. The zero-order valence-corrected chi connectivity index (χ0v) is 15.5. The molecular weight excluding hydrogens is 372 g/mol. The minimum Gasteiger partial charge on any atom is -0.507 e. The number of benzene rings is 2. The van der Waals surface area contributed by atoms with Gasteiger partial charge in [0.05, 0.1) is 4.47 Å². The summed E-state index contributed by atoms with van der Waals surface area (Å²) in [6, 6.07) is 12.7. The van der Waals surface area contributed by atoms with Crippen molar-refractivity contribution < 1.29 is 14.6 Å². The molecule has 0 aromatic heterocycles. The first-order chi connectivity index (χ1) is 11.2.